The summed E-state index contributed by atoms with van der Waals surface area (Å²) in [7, 11) is 0. The first-order chi connectivity index (χ1) is 15.0. The van der Waals surface area contributed by atoms with Crippen LogP contribution in [0.2, 0.25) is 0 Å². The molecule has 0 N–H and O–H groups in total. The molecule has 31 heavy (non-hydrogen) atoms. The van der Waals surface area contributed by atoms with E-state index in [9.17, 15) is 9.59 Å². The second-order valence-electron chi connectivity index (χ2n) is 9.04. The maximum Gasteiger partial charge on any atom is 0.253 e. The lowest BCUT2D eigenvalue weighted by molar-refractivity contribution is -0.128. The summed E-state index contributed by atoms with van der Waals surface area (Å²) in [5.41, 5.74) is 2.88. The molecule has 2 aliphatic heterocycles. The van der Waals surface area contributed by atoms with Gasteiger partial charge in [0, 0.05) is 61.6 Å². The minimum atomic E-state index is -0.0322. The molecular weight excluding hydrogens is 386 g/mol. The zero-order valence-electron chi connectivity index (χ0n) is 17.8. The molecule has 2 fully saturated rings. The Labute approximate surface area is 182 Å². The molecule has 158 valence electrons. The number of nitrogens with zero attached hydrogens (tertiary/aromatic N) is 3. The quantitative estimate of drug-likeness (QED) is 0.654. The molecule has 2 amide bonds. The minimum Gasteiger partial charge on any atom is -0.342 e. The molecule has 0 spiro atoms. The lowest BCUT2D eigenvalue weighted by Crippen LogP contribution is -2.38. The number of benzene rings is 2. The van der Waals surface area contributed by atoms with Gasteiger partial charge >= 0.3 is 0 Å². The molecule has 5 rings (SSSR count). The van der Waals surface area contributed by atoms with Crippen LogP contribution in [0.25, 0.3) is 10.9 Å². The van der Waals surface area contributed by atoms with Gasteiger partial charge in [-0.2, -0.15) is 0 Å². The van der Waals surface area contributed by atoms with Crippen LogP contribution in [0, 0.1) is 11.3 Å². The van der Waals surface area contributed by atoms with Crippen LogP contribution in [0.4, 0.5) is 0 Å². The van der Waals surface area contributed by atoms with Gasteiger partial charge in [0.05, 0.1) is 5.52 Å². The van der Waals surface area contributed by atoms with E-state index in [2.05, 4.69) is 29.2 Å². The first-order valence-corrected chi connectivity index (χ1v) is 11.0. The molecule has 5 nitrogen and oxygen atoms in total. The van der Waals surface area contributed by atoms with Crippen molar-refractivity contribution in [1.82, 2.24) is 14.8 Å². The zero-order valence-corrected chi connectivity index (χ0v) is 17.8. The van der Waals surface area contributed by atoms with Crippen LogP contribution in [-0.2, 0) is 11.2 Å². The largest absolute Gasteiger partial charge is 0.342 e. The summed E-state index contributed by atoms with van der Waals surface area (Å²) in [6.45, 7) is 4.56. The topological polar surface area (TPSA) is 53.5 Å². The fourth-order valence-corrected chi connectivity index (χ4v) is 5.36. The summed E-state index contributed by atoms with van der Waals surface area (Å²) < 4.78 is 0. The van der Waals surface area contributed by atoms with Gasteiger partial charge in [-0.15, -0.1) is 0 Å². The van der Waals surface area contributed by atoms with Crippen molar-refractivity contribution in [2.24, 2.45) is 11.3 Å². The highest BCUT2D eigenvalue weighted by Gasteiger charge is 2.53. The molecular formula is C26H27N3O2. The number of rotatable bonds is 4. The fourth-order valence-electron chi connectivity index (χ4n) is 5.36. The number of fused-ring (bicyclic) bond motifs is 2. The number of aromatic nitrogens is 1. The molecule has 2 aliphatic rings. The number of pyridine rings is 1. The standard InChI is InChI=1S/C26H27N3O2/c1-19(30)28-15-23-16-29(18-26(23,17-28)12-11-20-6-3-2-4-7-20)25(31)22-9-10-24-21(14-22)8-5-13-27-24/h2-10,13-14,23H,11-12,15-18H2,1H3/t23-,26+/m1/s1. The monoisotopic (exact) mass is 413 g/mol. The van der Waals surface area contributed by atoms with Crippen molar-refractivity contribution in [2.75, 3.05) is 26.2 Å². The van der Waals surface area contributed by atoms with Gasteiger partial charge in [0.25, 0.3) is 5.91 Å². The number of hydrogen-bond acceptors (Lipinski definition) is 3. The van der Waals surface area contributed by atoms with Crippen LogP contribution in [-0.4, -0.2) is 52.8 Å². The van der Waals surface area contributed by atoms with E-state index in [1.54, 1.807) is 13.1 Å². The van der Waals surface area contributed by atoms with Gasteiger partial charge in [0.1, 0.15) is 0 Å². The predicted molar refractivity (Wildman–Crippen MR) is 121 cm³/mol. The summed E-state index contributed by atoms with van der Waals surface area (Å²) in [4.78, 5) is 33.8. The molecule has 0 unspecified atom stereocenters. The average Bonchev–Trinajstić information content (AvgIpc) is 3.32. The number of amides is 2. The van der Waals surface area contributed by atoms with E-state index in [0.29, 0.717) is 24.6 Å². The first kappa shape index (κ1) is 19.7. The second kappa shape index (κ2) is 7.80. The van der Waals surface area contributed by atoms with Gasteiger partial charge in [-0.1, -0.05) is 36.4 Å². The van der Waals surface area contributed by atoms with Crippen molar-refractivity contribution in [3.8, 4) is 0 Å². The molecule has 0 aliphatic carbocycles. The van der Waals surface area contributed by atoms with E-state index in [0.717, 1.165) is 36.8 Å². The molecule has 1 aromatic heterocycles. The Hall–Kier alpha value is -3.21. The number of likely N-dealkylation sites (tertiary alicyclic amines) is 2. The van der Waals surface area contributed by atoms with E-state index >= 15 is 0 Å². The molecule has 2 saturated heterocycles. The summed E-state index contributed by atoms with van der Waals surface area (Å²) >= 11 is 0. The van der Waals surface area contributed by atoms with Crippen LogP contribution in [0.5, 0.6) is 0 Å². The smallest absolute Gasteiger partial charge is 0.253 e. The van der Waals surface area contributed by atoms with Gasteiger partial charge in [-0.25, -0.2) is 0 Å². The fraction of sp³-hybridized carbons (Fsp3) is 0.346. The number of aryl methyl sites for hydroxylation is 1. The Bertz CT molecular complexity index is 1130. The SMILES string of the molecule is CC(=O)N1C[C@@H]2CN(C(=O)c3ccc4ncccc4c3)C[C@]2(CCc2ccccc2)C1. The Morgan fingerprint density at radius 1 is 1.00 bits per heavy atom. The van der Waals surface area contributed by atoms with Gasteiger partial charge < -0.3 is 9.80 Å². The van der Waals surface area contributed by atoms with Crippen molar-refractivity contribution < 1.29 is 9.59 Å². The Kier molecular flexibility index (Phi) is 4.97. The average molecular weight is 414 g/mol. The number of carbonyl (C=O) groups excluding carboxylic acids is 2. The normalized spacial score (nSPS) is 22.7. The van der Waals surface area contributed by atoms with Crippen LogP contribution in [0.3, 0.4) is 0 Å². The summed E-state index contributed by atoms with van der Waals surface area (Å²) in [5.74, 6) is 0.535. The molecule has 0 radical (unpaired) electrons. The van der Waals surface area contributed by atoms with E-state index < -0.39 is 0 Å². The van der Waals surface area contributed by atoms with Gasteiger partial charge in [-0.05, 0) is 42.7 Å². The highest BCUT2D eigenvalue weighted by Crippen LogP contribution is 2.46. The van der Waals surface area contributed by atoms with Gasteiger partial charge in [0.15, 0.2) is 0 Å². The van der Waals surface area contributed by atoms with E-state index in [4.69, 9.17) is 0 Å². The van der Waals surface area contributed by atoms with Crippen LogP contribution in [0.1, 0.15) is 29.3 Å². The van der Waals surface area contributed by atoms with Crippen molar-refractivity contribution in [1.29, 1.82) is 0 Å². The highest BCUT2D eigenvalue weighted by atomic mass is 16.2. The van der Waals surface area contributed by atoms with Crippen LogP contribution in [0.15, 0.2) is 66.9 Å². The van der Waals surface area contributed by atoms with Crippen molar-refractivity contribution in [2.45, 2.75) is 19.8 Å². The van der Waals surface area contributed by atoms with E-state index in [-0.39, 0.29) is 17.2 Å². The third-order valence-corrected chi connectivity index (χ3v) is 7.10. The predicted octanol–water partition coefficient (Wildman–Crippen LogP) is 3.79. The number of hydrogen-bond donors (Lipinski definition) is 0. The Balaban J connectivity index is 1.38. The molecule has 0 bridgehead atoms. The van der Waals surface area contributed by atoms with Gasteiger partial charge in [-0.3, -0.25) is 14.6 Å². The summed E-state index contributed by atoms with van der Waals surface area (Å²) in [6.07, 6.45) is 3.71. The van der Waals surface area contributed by atoms with Gasteiger partial charge in [0.2, 0.25) is 5.91 Å². The zero-order chi connectivity index (χ0) is 21.4. The van der Waals surface area contributed by atoms with Crippen LogP contribution < -0.4 is 0 Å². The van der Waals surface area contributed by atoms with E-state index in [1.807, 2.05) is 46.2 Å². The van der Waals surface area contributed by atoms with Crippen molar-refractivity contribution in [3.05, 3.63) is 78.0 Å². The second-order valence-corrected chi connectivity index (χ2v) is 9.04. The first-order valence-electron chi connectivity index (χ1n) is 11.0. The number of carbonyl (C=O) groups is 2. The van der Waals surface area contributed by atoms with E-state index in [1.165, 1.54) is 5.56 Å². The lowest BCUT2D eigenvalue weighted by Gasteiger charge is -2.29. The lowest BCUT2D eigenvalue weighted by atomic mass is 9.76. The molecule has 0 saturated carbocycles. The van der Waals surface area contributed by atoms with Crippen molar-refractivity contribution in [3.63, 3.8) is 0 Å². The molecule has 3 heterocycles. The Morgan fingerprint density at radius 3 is 2.58 bits per heavy atom. The van der Waals surface area contributed by atoms with Crippen molar-refractivity contribution >= 4 is 22.7 Å². The third-order valence-electron chi connectivity index (χ3n) is 7.10. The summed E-state index contributed by atoms with van der Waals surface area (Å²) in [5, 5.41) is 0.981. The summed E-state index contributed by atoms with van der Waals surface area (Å²) in [6, 6.07) is 20.1. The molecule has 2 atom stereocenters. The minimum absolute atomic E-state index is 0.0322. The maximum atomic E-state index is 13.4. The molecule has 2 aromatic carbocycles. The Morgan fingerprint density at radius 2 is 1.77 bits per heavy atom. The third kappa shape index (κ3) is 3.69. The van der Waals surface area contributed by atoms with Crippen LogP contribution >= 0.6 is 0 Å². The molecule has 5 heteroatoms. The molecule has 3 aromatic rings. The maximum absolute atomic E-state index is 13.4. The highest BCUT2D eigenvalue weighted by molar-refractivity contribution is 5.98.